The third-order valence-corrected chi connectivity index (χ3v) is 3.81. The van der Waals surface area contributed by atoms with Crippen LogP contribution in [0.3, 0.4) is 0 Å². The molecule has 0 amide bonds. The maximum Gasteiger partial charge on any atom is 0.151 e. The zero-order chi connectivity index (χ0) is 12.4. The Bertz CT molecular complexity index is 379. The van der Waals surface area contributed by atoms with Gasteiger partial charge in [-0.3, -0.25) is 0 Å². The monoisotopic (exact) mass is 233 g/mol. The van der Waals surface area contributed by atoms with Gasteiger partial charge < -0.3 is 10.6 Å². The second-order valence-electron chi connectivity index (χ2n) is 5.49. The molecule has 3 nitrogen and oxygen atoms in total. The summed E-state index contributed by atoms with van der Waals surface area (Å²) < 4.78 is 0. The van der Waals surface area contributed by atoms with Crippen LogP contribution >= 0.6 is 0 Å². The van der Waals surface area contributed by atoms with Crippen molar-refractivity contribution in [2.75, 3.05) is 23.7 Å². The molecular formula is C14H23N3. The largest absolute Gasteiger partial charge is 0.396 e. The molecule has 1 aliphatic rings. The summed E-state index contributed by atoms with van der Waals surface area (Å²) in [6.45, 7) is 8.84. The summed E-state index contributed by atoms with van der Waals surface area (Å²) in [5, 5.41) is 0. The van der Waals surface area contributed by atoms with Gasteiger partial charge in [-0.25, -0.2) is 4.98 Å². The molecule has 0 aliphatic carbocycles. The van der Waals surface area contributed by atoms with Crippen LogP contribution in [0.2, 0.25) is 0 Å². The van der Waals surface area contributed by atoms with Crippen LogP contribution in [0, 0.1) is 18.8 Å². The van der Waals surface area contributed by atoms with Crippen molar-refractivity contribution in [1.82, 2.24) is 4.98 Å². The highest BCUT2D eigenvalue weighted by molar-refractivity contribution is 5.63. The molecule has 0 saturated carbocycles. The summed E-state index contributed by atoms with van der Waals surface area (Å²) in [4.78, 5) is 6.80. The lowest BCUT2D eigenvalue weighted by atomic mass is 9.87. The Labute approximate surface area is 104 Å². The van der Waals surface area contributed by atoms with Crippen molar-refractivity contribution in [2.45, 2.75) is 33.6 Å². The number of hydrogen-bond acceptors (Lipinski definition) is 3. The van der Waals surface area contributed by atoms with Crippen molar-refractivity contribution in [3.63, 3.8) is 0 Å². The number of nitrogens with zero attached hydrogens (tertiary/aromatic N) is 2. The molecule has 94 valence electrons. The van der Waals surface area contributed by atoms with E-state index in [2.05, 4.69) is 23.7 Å². The Balaban J connectivity index is 2.05. The van der Waals surface area contributed by atoms with E-state index in [9.17, 15) is 0 Å². The number of nitrogen functional groups attached to an aromatic ring is 1. The van der Waals surface area contributed by atoms with Crippen LogP contribution in [0.25, 0.3) is 0 Å². The Kier molecular flexibility index (Phi) is 3.55. The van der Waals surface area contributed by atoms with Crippen LogP contribution in [0.4, 0.5) is 11.5 Å². The number of aryl methyl sites for hydroxylation is 1. The van der Waals surface area contributed by atoms with Crippen molar-refractivity contribution in [1.29, 1.82) is 0 Å². The summed E-state index contributed by atoms with van der Waals surface area (Å²) in [5.74, 6) is 2.62. The molecule has 2 rings (SSSR count). The van der Waals surface area contributed by atoms with Crippen molar-refractivity contribution >= 4 is 11.5 Å². The first-order valence-corrected chi connectivity index (χ1v) is 6.55. The minimum absolute atomic E-state index is 0.792. The fourth-order valence-corrected chi connectivity index (χ4v) is 2.63. The predicted molar refractivity (Wildman–Crippen MR) is 73.2 cm³/mol. The van der Waals surface area contributed by atoms with Crippen molar-refractivity contribution < 1.29 is 0 Å². The molecule has 1 saturated heterocycles. The molecule has 3 heteroatoms. The zero-order valence-corrected chi connectivity index (χ0v) is 11.1. The van der Waals surface area contributed by atoms with Crippen LogP contribution in [-0.4, -0.2) is 18.1 Å². The Morgan fingerprint density at radius 3 is 2.53 bits per heavy atom. The van der Waals surface area contributed by atoms with E-state index in [1.165, 1.54) is 12.8 Å². The number of anilines is 2. The molecule has 17 heavy (non-hydrogen) atoms. The van der Waals surface area contributed by atoms with Gasteiger partial charge in [-0.1, -0.05) is 13.8 Å². The van der Waals surface area contributed by atoms with Gasteiger partial charge in [0.25, 0.3) is 0 Å². The lowest BCUT2D eigenvalue weighted by Crippen LogP contribution is -2.36. The van der Waals surface area contributed by atoms with Gasteiger partial charge in [-0.15, -0.1) is 0 Å². The fraction of sp³-hybridized carbons (Fsp3) is 0.643. The van der Waals surface area contributed by atoms with Crippen LogP contribution < -0.4 is 10.6 Å². The van der Waals surface area contributed by atoms with Gasteiger partial charge >= 0.3 is 0 Å². The zero-order valence-electron chi connectivity index (χ0n) is 11.1. The summed E-state index contributed by atoms with van der Waals surface area (Å²) in [5.41, 5.74) is 7.98. The molecule has 1 aromatic heterocycles. The maximum atomic E-state index is 6.04. The molecule has 1 aliphatic heterocycles. The lowest BCUT2D eigenvalue weighted by Gasteiger charge is -2.35. The SMILES string of the molecule is Cc1cnc(N2CCC(C(C)C)CC2)c(N)c1. The van der Waals surface area contributed by atoms with Gasteiger partial charge in [0.05, 0.1) is 5.69 Å². The van der Waals surface area contributed by atoms with Crippen molar-refractivity contribution in [3.05, 3.63) is 17.8 Å². The van der Waals surface area contributed by atoms with Gasteiger partial charge in [-0.2, -0.15) is 0 Å². The molecule has 2 N–H and O–H groups in total. The number of aromatic nitrogens is 1. The topological polar surface area (TPSA) is 42.2 Å². The molecule has 2 heterocycles. The van der Waals surface area contributed by atoms with E-state index in [1.54, 1.807) is 0 Å². The quantitative estimate of drug-likeness (QED) is 0.854. The average molecular weight is 233 g/mol. The molecule has 0 unspecified atom stereocenters. The number of pyridine rings is 1. The molecule has 0 radical (unpaired) electrons. The van der Waals surface area contributed by atoms with Gasteiger partial charge in [-0.05, 0) is 43.2 Å². The molecule has 0 atom stereocenters. The first-order chi connectivity index (χ1) is 8.08. The van der Waals surface area contributed by atoms with Gasteiger partial charge in [0.1, 0.15) is 0 Å². The molecular weight excluding hydrogens is 210 g/mol. The number of hydrogen-bond donors (Lipinski definition) is 1. The van der Waals surface area contributed by atoms with E-state index in [1.807, 2.05) is 19.2 Å². The molecule has 0 aromatic carbocycles. The summed E-state index contributed by atoms with van der Waals surface area (Å²) in [7, 11) is 0. The Morgan fingerprint density at radius 2 is 2.00 bits per heavy atom. The van der Waals surface area contributed by atoms with Crippen LogP contribution in [0.15, 0.2) is 12.3 Å². The van der Waals surface area contributed by atoms with Gasteiger partial charge in [0.2, 0.25) is 0 Å². The standard InChI is InChI=1S/C14H23N3/c1-10(2)12-4-6-17(7-5-12)14-13(15)8-11(3)9-16-14/h8-10,12H,4-7,15H2,1-3H3. The molecule has 1 fully saturated rings. The van der Waals surface area contributed by atoms with E-state index >= 15 is 0 Å². The van der Waals surface area contributed by atoms with E-state index in [0.29, 0.717) is 0 Å². The first kappa shape index (κ1) is 12.2. The maximum absolute atomic E-state index is 6.04. The third-order valence-electron chi connectivity index (χ3n) is 3.81. The van der Waals surface area contributed by atoms with E-state index in [4.69, 9.17) is 5.73 Å². The summed E-state index contributed by atoms with van der Waals surface area (Å²) in [6, 6.07) is 2.01. The normalized spacial score (nSPS) is 17.8. The first-order valence-electron chi connectivity index (χ1n) is 6.55. The predicted octanol–water partition coefficient (Wildman–Crippen LogP) is 2.84. The molecule has 1 aromatic rings. The molecule has 0 spiro atoms. The third kappa shape index (κ3) is 2.71. The highest BCUT2D eigenvalue weighted by Crippen LogP contribution is 2.29. The Hall–Kier alpha value is -1.25. The fourth-order valence-electron chi connectivity index (χ4n) is 2.63. The van der Waals surface area contributed by atoms with Crippen molar-refractivity contribution in [3.8, 4) is 0 Å². The second kappa shape index (κ2) is 4.94. The second-order valence-corrected chi connectivity index (χ2v) is 5.49. The van der Waals surface area contributed by atoms with Crippen LogP contribution in [-0.2, 0) is 0 Å². The van der Waals surface area contributed by atoms with E-state index in [-0.39, 0.29) is 0 Å². The Morgan fingerprint density at radius 1 is 1.35 bits per heavy atom. The lowest BCUT2D eigenvalue weighted by molar-refractivity contribution is 0.311. The number of rotatable bonds is 2. The number of piperidine rings is 1. The summed E-state index contributed by atoms with van der Waals surface area (Å²) in [6.07, 6.45) is 4.42. The minimum Gasteiger partial charge on any atom is -0.396 e. The highest BCUT2D eigenvalue weighted by Gasteiger charge is 2.23. The number of nitrogens with two attached hydrogens (primary N) is 1. The van der Waals surface area contributed by atoms with Crippen LogP contribution in [0.5, 0.6) is 0 Å². The summed E-state index contributed by atoms with van der Waals surface area (Å²) >= 11 is 0. The van der Waals surface area contributed by atoms with Gasteiger partial charge in [0, 0.05) is 19.3 Å². The van der Waals surface area contributed by atoms with E-state index < -0.39 is 0 Å². The highest BCUT2D eigenvalue weighted by atomic mass is 15.2. The average Bonchev–Trinajstić information content (AvgIpc) is 2.29. The van der Waals surface area contributed by atoms with Crippen LogP contribution in [0.1, 0.15) is 32.3 Å². The molecule has 0 bridgehead atoms. The minimum atomic E-state index is 0.792. The van der Waals surface area contributed by atoms with Crippen molar-refractivity contribution in [2.24, 2.45) is 11.8 Å². The van der Waals surface area contributed by atoms with Gasteiger partial charge in [0.15, 0.2) is 5.82 Å². The van der Waals surface area contributed by atoms with E-state index in [0.717, 1.165) is 42.0 Å². The smallest absolute Gasteiger partial charge is 0.151 e.